The van der Waals surface area contributed by atoms with Crippen LogP contribution in [0.1, 0.15) is 6.92 Å². The van der Waals surface area contributed by atoms with E-state index < -0.39 is 0 Å². The van der Waals surface area contributed by atoms with E-state index in [0.717, 1.165) is 33.3 Å². The fourth-order valence-corrected chi connectivity index (χ4v) is 3.01. The first-order chi connectivity index (χ1) is 10.3. The van der Waals surface area contributed by atoms with Crippen LogP contribution in [-0.4, -0.2) is 11.6 Å². The minimum Gasteiger partial charge on any atom is -0.493 e. The molecule has 0 radical (unpaired) electrons. The van der Waals surface area contributed by atoms with Crippen LogP contribution in [0.2, 0.25) is 0 Å². The third-order valence-electron chi connectivity index (χ3n) is 3.10. The molecule has 0 spiro atoms. The Morgan fingerprint density at radius 2 is 2.00 bits per heavy atom. The third kappa shape index (κ3) is 2.90. The van der Waals surface area contributed by atoms with Gasteiger partial charge in [-0.25, -0.2) is 4.98 Å². The van der Waals surface area contributed by atoms with Crippen LogP contribution in [0.4, 0.5) is 5.69 Å². The van der Waals surface area contributed by atoms with Gasteiger partial charge in [0.15, 0.2) is 0 Å². The maximum Gasteiger partial charge on any atom is 0.129 e. The molecule has 0 aliphatic carbocycles. The Bertz CT molecular complexity index is 752. The largest absolute Gasteiger partial charge is 0.493 e. The minimum absolute atomic E-state index is 0.643. The van der Waals surface area contributed by atoms with Gasteiger partial charge in [-0.2, -0.15) is 0 Å². The fraction of sp³-hybridized carbons (Fsp3) is 0.118. The van der Waals surface area contributed by atoms with Gasteiger partial charge in [-0.15, -0.1) is 11.3 Å². The summed E-state index contributed by atoms with van der Waals surface area (Å²) >= 11 is 1.61. The van der Waals surface area contributed by atoms with Crippen LogP contribution >= 0.6 is 11.3 Å². The molecule has 0 aliphatic rings. The number of rotatable bonds is 4. The predicted molar refractivity (Wildman–Crippen MR) is 88.6 cm³/mol. The topological polar surface area (TPSA) is 48.1 Å². The fourth-order valence-electron chi connectivity index (χ4n) is 2.15. The maximum absolute atomic E-state index is 5.83. The van der Waals surface area contributed by atoms with Crippen LogP contribution in [0.25, 0.3) is 21.8 Å². The number of ether oxygens (including phenoxy) is 1. The average Bonchev–Trinajstić information content (AvgIpc) is 2.98. The molecular weight excluding hydrogens is 280 g/mol. The second kappa shape index (κ2) is 5.97. The van der Waals surface area contributed by atoms with Gasteiger partial charge in [0.05, 0.1) is 17.9 Å². The zero-order valence-corrected chi connectivity index (χ0v) is 12.6. The lowest BCUT2D eigenvalue weighted by Crippen LogP contribution is -1.93. The van der Waals surface area contributed by atoms with Crippen LogP contribution in [0, 0.1) is 0 Å². The van der Waals surface area contributed by atoms with Gasteiger partial charge in [0, 0.05) is 16.6 Å². The monoisotopic (exact) mass is 296 g/mol. The highest BCUT2D eigenvalue weighted by atomic mass is 32.1. The summed E-state index contributed by atoms with van der Waals surface area (Å²) in [6.07, 6.45) is 0. The van der Waals surface area contributed by atoms with Crippen molar-refractivity contribution < 1.29 is 4.74 Å². The van der Waals surface area contributed by atoms with Crippen LogP contribution in [0.15, 0.2) is 53.9 Å². The van der Waals surface area contributed by atoms with E-state index in [2.05, 4.69) is 0 Å². The summed E-state index contributed by atoms with van der Waals surface area (Å²) in [4.78, 5) is 4.72. The quantitative estimate of drug-likeness (QED) is 0.723. The van der Waals surface area contributed by atoms with E-state index >= 15 is 0 Å². The Morgan fingerprint density at radius 3 is 2.81 bits per heavy atom. The van der Waals surface area contributed by atoms with Gasteiger partial charge in [0.1, 0.15) is 10.8 Å². The summed E-state index contributed by atoms with van der Waals surface area (Å²) in [6, 6.07) is 15.8. The van der Waals surface area contributed by atoms with Crippen LogP contribution < -0.4 is 10.5 Å². The van der Waals surface area contributed by atoms with Crippen molar-refractivity contribution in [2.45, 2.75) is 6.92 Å². The zero-order valence-electron chi connectivity index (χ0n) is 11.7. The van der Waals surface area contributed by atoms with Crippen LogP contribution in [-0.2, 0) is 0 Å². The zero-order chi connectivity index (χ0) is 14.7. The van der Waals surface area contributed by atoms with Crippen molar-refractivity contribution in [2.24, 2.45) is 0 Å². The van der Waals surface area contributed by atoms with Gasteiger partial charge in [0.2, 0.25) is 0 Å². The predicted octanol–water partition coefficient (Wildman–Crippen LogP) is 4.46. The van der Waals surface area contributed by atoms with Crippen LogP contribution in [0.5, 0.6) is 5.75 Å². The molecule has 3 aromatic rings. The number of nitrogen functional groups attached to an aromatic ring is 1. The first-order valence-corrected chi connectivity index (χ1v) is 7.69. The van der Waals surface area contributed by atoms with Crippen molar-refractivity contribution in [3.8, 4) is 27.6 Å². The molecule has 0 unspecified atom stereocenters. The number of benzene rings is 2. The second-order valence-electron chi connectivity index (χ2n) is 4.59. The molecule has 2 N–H and O–H groups in total. The van der Waals surface area contributed by atoms with E-state index in [9.17, 15) is 0 Å². The van der Waals surface area contributed by atoms with Crippen molar-refractivity contribution in [1.29, 1.82) is 0 Å². The van der Waals surface area contributed by atoms with Gasteiger partial charge in [-0.1, -0.05) is 24.3 Å². The Hall–Kier alpha value is -2.33. The van der Waals surface area contributed by atoms with Crippen molar-refractivity contribution in [3.05, 3.63) is 53.9 Å². The molecule has 4 heteroatoms. The summed E-state index contributed by atoms with van der Waals surface area (Å²) in [7, 11) is 0. The molecule has 0 atom stereocenters. The van der Waals surface area contributed by atoms with Gasteiger partial charge >= 0.3 is 0 Å². The number of nitrogens with two attached hydrogens (primary N) is 1. The Balaban J connectivity index is 1.99. The molecule has 3 nitrogen and oxygen atoms in total. The number of anilines is 1. The average molecular weight is 296 g/mol. The number of aromatic nitrogens is 1. The highest BCUT2D eigenvalue weighted by Gasteiger charge is 2.11. The number of hydrogen-bond donors (Lipinski definition) is 1. The first-order valence-electron chi connectivity index (χ1n) is 6.81. The smallest absolute Gasteiger partial charge is 0.129 e. The summed E-state index contributed by atoms with van der Waals surface area (Å²) < 4.78 is 5.67. The molecule has 106 valence electrons. The normalized spacial score (nSPS) is 10.5. The second-order valence-corrected chi connectivity index (χ2v) is 5.45. The molecular formula is C17H16N2OS. The van der Waals surface area contributed by atoms with E-state index in [4.69, 9.17) is 15.5 Å². The molecule has 0 aliphatic heterocycles. The Morgan fingerprint density at radius 1 is 1.14 bits per heavy atom. The van der Waals surface area contributed by atoms with E-state index in [1.807, 2.05) is 60.8 Å². The van der Waals surface area contributed by atoms with Crippen molar-refractivity contribution in [1.82, 2.24) is 4.98 Å². The molecule has 1 aromatic heterocycles. The molecule has 0 amide bonds. The number of nitrogens with zero attached hydrogens (tertiary/aromatic N) is 1. The third-order valence-corrected chi connectivity index (χ3v) is 3.98. The number of para-hydroxylation sites is 1. The molecule has 1 heterocycles. The van der Waals surface area contributed by atoms with E-state index in [1.54, 1.807) is 11.3 Å². The highest BCUT2D eigenvalue weighted by molar-refractivity contribution is 7.13. The lowest BCUT2D eigenvalue weighted by molar-refractivity contribution is 0.341. The standard InChI is InChI=1S/C17H16N2OS/c1-2-20-16-9-4-3-8-14(16)17-19-15(11-21-17)12-6-5-7-13(18)10-12/h3-11H,2,18H2,1H3. The number of thiazole rings is 1. The Kier molecular flexibility index (Phi) is 3.88. The lowest BCUT2D eigenvalue weighted by Gasteiger charge is -2.07. The van der Waals surface area contributed by atoms with Gasteiger partial charge < -0.3 is 10.5 Å². The molecule has 21 heavy (non-hydrogen) atoms. The van der Waals surface area contributed by atoms with Crippen molar-refractivity contribution in [2.75, 3.05) is 12.3 Å². The molecule has 0 fully saturated rings. The molecule has 3 rings (SSSR count). The van der Waals surface area contributed by atoms with Gasteiger partial charge in [0.25, 0.3) is 0 Å². The van der Waals surface area contributed by atoms with Gasteiger partial charge in [-0.05, 0) is 31.2 Å². The minimum atomic E-state index is 0.643. The van der Waals surface area contributed by atoms with Crippen LogP contribution in [0.3, 0.4) is 0 Å². The Labute approximate surface area is 128 Å². The summed E-state index contributed by atoms with van der Waals surface area (Å²) in [6.45, 7) is 2.63. The molecule has 2 aromatic carbocycles. The summed E-state index contributed by atoms with van der Waals surface area (Å²) in [5.41, 5.74) is 9.58. The number of hydrogen-bond acceptors (Lipinski definition) is 4. The van der Waals surface area contributed by atoms with E-state index in [1.165, 1.54) is 0 Å². The highest BCUT2D eigenvalue weighted by Crippen LogP contribution is 2.34. The summed E-state index contributed by atoms with van der Waals surface area (Å²) in [5.74, 6) is 0.869. The van der Waals surface area contributed by atoms with E-state index in [0.29, 0.717) is 6.61 Å². The molecule has 0 bridgehead atoms. The van der Waals surface area contributed by atoms with Crippen molar-refractivity contribution >= 4 is 17.0 Å². The molecule has 0 saturated heterocycles. The lowest BCUT2D eigenvalue weighted by atomic mass is 10.1. The van der Waals surface area contributed by atoms with Crippen molar-refractivity contribution in [3.63, 3.8) is 0 Å². The SMILES string of the molecule is CCOc1ccccc1-c1nc(-c2cccc(N)c2)cs1. The molecule has 0 saturated carbocycles. The van der Waals surface area contributed by atoms with Gasteiger partial charge in [-0.3, -0.25) is 0 Å². The maximum atomic E-state index is 5.83. The first kappa shape index (κ1) is 13.6. The summed E-state index contributed by atoms with van der Waals surface area (Å²) in [5, 5.41) is 3.00. The van der Waals surface area contributed by atoms with E-state index in [-0.39, 0.29) is 0 Å².